The third-order valence-electron chi connectivity index (χ3n) is 3.78. The van der Waals surface area contributed by atoms with Crippen molar-refractivity contribution in [2.45, 2.75) is 19.8 Å². The standard InChI is InChI=1S/C19H20N2O2/c1-3-7-17-19(22)18(14-8-5-4-6-9-14)21(20-17)15-10-12-16(23-2)13-11-15/h4-6,8-13,22H,3,7H2,1-2H3. The Balaban J connectivity index is 2.16. The molecular formula is C19H20N2O2. The van der Waals surface area contributed by atoms with E-state index in [2.05, 4.69) is 12.0 Å². The second kappa shape index (κ2) is 6.57. The highest BCUT2D eigenvalue weighted by Crippen LogP contribution is 2.35. The van der Waals surface area contributed by atoms with Crippen molar-refractivity contribution in [3.05, 3.63) is 60.3 Å². The maximum atomic E-state index is 10.6. The van der Waals surface area contributed by atoms with E-state index < -0.39 is 0 Å². The third kappa shape index (κ3) is 2.93. The van der Waals surface area contributed by atoms with E-state index in [0.29, 0.717) is 0 Å². The van der Waals surface area contributed by atoms with Crippen LogP contribution in [0.2, 0.25) is 0 Å². The van der Waals surface area contributed by atoms with Crippen molar-refractivity contribution in [1.82, 2.24) is 9.78 Å². The summed E-state index contributed by atoms with van der Waals surface area (Å²) in [7, 11) is 1.64. The Kier molecular flexibility index (Phi) is 4.33. The van der Waals surface area contributed by atoms with Gasteiger partial charge in [-0.2, -0.15) is 5.10 Å². The highest BCUT2D eigenvalue weighted by molar-refractivity contribution is 5.70. The summed E-state index contributed by atoms with van der Waals surface area (Å²) < 4.78 is 7.01. The Morgan fingerprint density at radius 1 is 1.04 bits per heavy atom. The minimum absolute atomic E-state index is 0.258. The van der Waals surface area contributed by atoms with Crippen LogP contribution >= 0.6 is 0 Å². The summed E-state index contributed by atoms with van der Waals surface area (Å²) in [4.78, 5) is 0. The number of aryl methyl sites for hydroxylation is 1. The van der Waals surface area contributed by atoms with Crippen LogP contribution in [-0.2, 0) is 6.42 Å². The first-order chi connectivity index (χ1) is 11.2. The number of hydrogen-bond acceptors (Lipinski definition) is 3. The van der Waals surface area contributed by atoms with Gasteiger partial charge in [-0.1, -0.05) is 43.7 Å². The molecule has 0 aliphatic carbocycles. The Hall–Kier alpha value is -2.75. The molecule has 0 aliphatic rings. The number of benzene rings is 2. The van der Waals surface area contributed by atoms with Crippen molar-refractivity contribution in [1.29, 1.82) is 0 Å². The molecule has 0 bridgehead atoms. The van der Waals surface area contributed by atoms with Crippen molar-refractivity contribution >= 4 is 0 Å². The molecule has 0 radical (unpaired) electrons. The van der Waals surface area contributed by atoms with E-state index in [-0.39, 0.29) is 5.75 Å². The molecule has 23 heavy (non-hydrogen) atoms. The lowest BCUT2D eigenvalue weighted by Crippen LogP contribution is -2.00. The first kappa shape index (κ1) is 15.2. The summed E-state index contributed by atoms with van der Waals surface area (Å²) >= 11 is 0. The highest BCUT2D eigenvalue weighted by atomic mass is 16.5. The van der Waals surface area contributed by atoms with E-state index in [0.717, 1.165) is 41.2 Å². The van der Waals surface area contributed by atoms with E-state index >= 15 is 0 Å². The molecule has 0 fully saturated rings. The lowest BCUT2D eigenvalue weighted by Gasteiger charge is -2.08. The van der Waals surface area contributed by atoms with E-state index in [4.69, 9.17) is 4.74 Å². The molecule has 0 spiro atoms. The molecule has 3 aromatic rings. The lowest BCUT2D eigenvalue weighted by molar-refractivity contribution is 0.414. The molecule has 0 saturated heterocycles. The summed E-state index contributed by atoms with van der Waals surface area (Å²) in [5, 5.41) is 15.3. The first-order valence-corrected chi connectivity index (χ1v) is 7.75. The quantitative estimate of drug-likeness (QED) is 0.768. The zero-order valence-electron chi connectivity index (χ0n) is 13.4. The van der Waals surface area contributed by atoms with Crippen molar-refractivity contribution < 1.29 is 9.84 Å². The minimum atomic E-state index is 0.258. The van der Waals surface area contributed by atoms with Gasteiger partial charge in [-0.25, -0.2) is 4.68 Å². The Labute approximate surface area is 136 Å². The van der Waals surface area contributed by atoms with Gasteiger partial charge in [0.05, 0.1) is 12.8 Å². The van der Waals surface area contributed by atoms with Gasteiger partial charge in [-0.05, 0) is 30.7 Å². The van der Waals surface area contributed by atoms with Crippen LogP contribution in [0.1, 0.15) is 19.0 Å². The Morgan fingerprint density at radius 2 is 1.74 bits per heavy atom. The molecule has 118 valence electrons. The maximum Gasteiger partial charge on any atom is 0.165 e. The number of methoxy groups -OCH3 is 1. The molecule has 0 saturated carbocycles. The minimum Gasteiger partial charge on any atom is -0.504 e. The van der Waals surface area contributed by atoms with Gasteiger partial charge < -0.3 is 9.84 Å². The van der Waals surface area contributed by atoms with Gasteiger partial charge in [0.25, 0.3) is 0 Å². The van der Waals surface area contributed by atoms with Crippen LogP contribution < -0.4 is 4.74 Å². The fourth-order valence-corrected chi connectivity index (χ4v) is 2.63. The molecule has 0 atom stereocenters. The second-order valence-electron chi connectivity index (χ2n) is 5.37. The first-order valence-electron chi connectivity index (χ1n) is 7.75. The molecule has 1 aromatic heterocycles. The van der Waals surface area contributed by atoms with Crippen LogP contribution in [0.15, 0.2) is 54.6 Å². The van der Waals surface area contributed by atoms with E-state index in [1.54, 1.807) is 11.8 Å². The van der Waals surface area contributed by atoms with Gasteiger partial charge in [-0.15, -0.1) is 0 Å². The number of aromatic hydroxyl groups is 1. The van der Waals surface area contributed by atoms with Crippen LogP contribution in [-0.4, -0.2) is 22.0 Å². The molecule has 4 heteroatoms. The van der Waals surface area contributed by atoms with Gasteiger partial charge in [0.1, 0.15) is 17.1 Å². The fourth-order valence-electron chi connectivity index (χ4n) is 2.63. The smallest absolute Gasteiger partial charge is 0.165 e. The van der Waals surface area contributed by atoms with Crippen LogP contribution in [0.25, 0.3) is 16.9 Å². The zero-order valence-corrected chi connectivity index (χ0v) is 13.4. The normalized spacial score (nSPS) is 10.7. The average Bonchev–Trinajstić information content (AvgIpc) is 2.93. The Bertz CT molecular complexity index is 777. The number of hydrogen-bond donors (Lipinski definition) is 1. The molecular weight excluding hydrogens is 288 g/mol. The molecule has 4 nitrogen and oxygen atoms in total. The molecule has 1 N–H and O–H groups in total. The van der Waals surface area contributed by atoms with Crippen LogP contribution in [0.5, 0.6) is 11.5 Å². The van der Waals surface area contributed by atoms with Gasteiger partial charge in [-0.3, -0.25) is 0 Å². The molecule has 0 unspecified atom stereocenters. The Morgan fingerprint density at radius 3 is 2.35 bits per heavy atom. The highest BCUT2D eigenvalue weighted by Gasteiger charge is 2.19. The topological polar surface area (TPSA) is 47.3 Å². The third-order valence-corrected chi connectivity index (χ3v) is 3.78. The number of aromatic nitrogens is 2. The molecule has 1 heterocycles. The zero-order chi connectivity index (χ0) is 16.2. The maximum absolute atomic E-state index is 10.6. The SMILES string of the molecule is CCCc1nn(-c2ccc(OC)cc2)c(-c2ccccc2)c1O. The molecule has 2 aromatic carbocycles. The van der Waals surface area contributed by atoms with E-state index in [1.807, 2.05) is 54.6 Å². The summed E-state index contributed by atoms with van der Waals surface area (Å²) in [6.45, 7) is 2.08. The number of rotatable bonds is 5. The van der Waals surface area contributed by atoms with Crippen LogP contribution in [0, 0.1) is 0 Å². The predicted molar refractivity (Wildman–Crippen MR) is 91.2 cm³/mol. The summed E-state index contributed by atoms with van der Waals surface area (Å²) in [5.41, 5.74) is 3.28. The second-order valence-corrected chi connectivity index (χ2v) is 5.37. The monoisotopic (exact) mass is 308 g/mol. The van der Waals surface area contributed by atoms with Gasteiger partial charge in [0.15, 0.2) is 5.75 Å². The largest absolute Gasteiger partial charge is 0.504 e. The fraction of sp³-hybridized carbons (Fsp3) is 0.211. The van der Waals surface area contributed by atoms with Crippen molar-refractivity contribution in [3.63, 3.8) is 0 Å². The molecule has 0 amide bonds. The summed E-state index contributed by atoms with van der Waals surface area (Å²) in [6, 6.07) is 17.5. The van der Waals surface area contributed by atoms with Crippen molar-refractivity contribution in [2.75, 3.05) is 7.11 Å². The summed E-state index contributed by atoms with van der Waals surface area (Å²) in [6.07, 6.45) is 1.68. The molecule has 0 aliphatic heterocycles. The van der Waals surface area contributed by atoms with Crippen LogP contribution in [0.4, 0.5) is 0 Å². The van der Waals surface area contributed by atoms with E-state index in [1.165, 1.54) is 0 Å². The van der Waals surface area contributed by atoms with Crippen LogP contribution in [0.3, 0.4) is 0 Å². The van der Waals surface area contributed by atoms with Gasteiger partial charge >= 0.3 is 0 Å². The van der Waals surface area contributed by atoms with Crippen molar-refractivity contribution in [2.24, 2.45) is 0 Å². The van der Waals surface area contributed by atoms with Gasteiger partial charge in [0.2, 0.25) is 0 Å². The van der Waals surface area contributed by atoms with Crippen molar-refractivity contribution in [3.8, 4) is 28.4 Å². The number of ether oxygens (including phenoxy) is 1. The lowest BCUT2D eigenvalue weighted by atomic mass is 10.1. The average molecular weight is 308 g/mol. The summed E-state index contributed by atoms with van der Waals surface area (Å²) in [5.74, 6) is 1.05. The van der Waals surface area contributed by atoms with Gasteiger partial charge in [0, 0.05) is 5.56 Å². The predicted octanol–water partition coefficient (Wildman–Crippen LogP) is 4.21. The number of nitrogens with zero attached hydrogens (tertiary/aromatic N) is 2. The van der Waals surface area contributed by atoms with E-state index in [9.17, 15) is 5.11 Å². The molecule has 3 rings (SSSR count).